The van der Waals surface area contributed by atoms with E-state index in [0.717, 1.165) is 25.7 Å². The summed E-state index contributed by atoms with van der Waals surface area (Å²) in [6, 6.07) is 0.0156. The number of imidazole rings is 1. The van der Waals surface area contributed by atoms with Crippen LogP contribution in [0.3, 0.4) is 0 Å². The average Bonchev–Trinajstić information content (AvgIpc) is 3.47. The number of aromatic nitrogens is 4. The van der Waals surface area contributed by atoms with E-state index in [1.54, 1.807) is 16.8 Å². The van der Waals surface area contributed by atoms with Gasteiger partial charge in [-0.2, -0.15) is 0 Å². The number of rotatable bonds is 7. The highest BCUT2D eigenvalue weighted by Gasteiger charge is 2.48. The lowest BCUT2D eigenvalue weighted by molar-refractivity contribution is -0.137. The van der Waals surface area contributed by atoms with Gasteiger partial charge < -0.3 is 40.5 Å². The Morgan fingerprint density at radius 3 is 2.59 bits per heavy atom. The average molecular weight is 573 g/mol. The normalized spacial score (nSPS) is 29.0. The lowest BCUT2D eigenvalue weighted by Crippen LogP contribution is -2.43. The molecule has 5 atom stereocenters. The Kier molecular flexibility index (Phi) is 7.42. The zero-order chi connectivity index (χ0) is 28.8. The Bertz CT molecular complexity index is 1320. The number of carbonyl (C=O) groups is 3. The minimum Gasteiger partial charge on any atom is -0.447 e. The highest BCUT2D eigenvalue weighted by atomic mass is 16.6. The summed E-state index contributed by atoms with van der Waals surface area (Å²) in [7, 11) is 1.73. The van der Waals surface area contributed by atoms with Gasteiger partial charge in [0.1, 0.15) is 30.2 Å². The van der Waals surface area contributed by atoms with Crippen LogP contribution in [-0.4, -0.2) is 115 Å². The molecule has 4 aliphatic rings. The van der Waals surface area contributed by atoms with E-state index in [0.29, 0.717) is 49.3 Å². The summed E-state index contributed by atoms with van der Waals surface area (Å²) >= 11 is 0. The number of aliphatic hydroxyl groups is 2. The standard InChI is InChI=1S/C26H36N8O7/c1-32-15(4-5-17(32)35)11-40-26(39)33-8-6-13(7-9-33)10-16-30-22(27)18-23(31-16)34(12-28-18)25-20(37)19(36)21(41-25)24(38)29-14-2-3-14/h12-15,19-21,25,36-37H,2-11H2,1H3,(H,29,38)(H2,27,30,31)/t15?,19?,20?,21-,25+/m0/s1. The van der Waals surface area contributed by atoms with Crippen molar-refractivity contribution in [3.8, 4) is 0 Å². The van der Waals surface area contributed by atoms with Crippen molar-refractivity contribution in [1.82, 2.24) is 34.6 Å². The van der Waals surface area contributed by atoms with Gasteiger partial charge in [0, 0.05) is 39.0 Å². The smallest absolute Gasteiger partial charge is 0.409 e. The molecular formula is C26H36N8O7. The van der Waals surface area contributed by atoms with Crippen molar-refractivity contribution in [1.29, 1.82) is 0 Å². The summed E-state index contributed by atoms with van der Waals surface area (Å²) in [5.41, 5.74) is 6.87. The van der Waals surface area contributed by atoms with E-state index in [4.69, 9.17) is 15.2 Å². The number of fused-ring (bicyclic) bond motifs is 1. The Balaban J connectivity index is 1.07. The zero-order valence-electron chi connectivity index (χ0n) is 22.9. The van der Waals surface area contributed by atoms with E-state index in [1.165, 1.54) is 10.9 Å². The number of nitrogens with zero attached hydrogens (tertiary/aromatic N) is 6. The van der Waals surface area contributed by atoms with Gasteiger partial charge >= 0.3 is 6.09 Å². The van der Waals surface area contributed by atoms with Crippen molar-refractivity contribution in [3.63, 3.8) is 0 Å². The number of likely N-dealkylation sites (tertiary alicyclic amines) is 2. The fourth-order valence-electron chi connectivity index (χ4n) is 5.78. The van der Waals surface area contributed by atoms with Gasteiger partial charge in [-0.15, -0.1) is 0 Å². The molecule has 4 fully saturated rings. The van der Waals surface area contributed by atoms with Crippen molar-refractivity contribution in [3.05, 3.63) is 12.2 Å². The minimum atomic E-state index is -1.41. The van der Waals surface area contributed by atoms with E-state index < -0.39 is 30.4 Å². The van der Waals surface area contributed by atoms with Crippen molar-refractivity contribution in [2.24, 2.45) is 5.92 Å². The Labute approximate surface area is 236 Å². The van der Waals surface area contributed by atoms with Gasteiger partial charge in [0.25, 0.3) is 5.91 Å². The van der Waals surface area contributed by atoms with Gasteiger partial charge in [-0.25, -0.2) is 19.7 Å². The predicted octanol–water partition coefficient (Wildman–Crippen LogP) is -0.682. The molecule has 15 nitrogen and oxygen atoms in total. The van der Waals surface area contributed by atoms with Crippen LogP contribution >= 0.6 is 0 Å². The first-order valence-electron chi connectivity index (χ1n) is 14.2. The molecule has 2 aromatic rings. The second-order valence-electron chi connectivity index (χ2n) is 11.5. The molecule has 1 aliphatic carbocycles. The summed E-state index contributed by atoms with van der Waals surface area (Å²) < 4.78 is 12.8. The molecule has 0 bridgehead atoms. The Morgan fingerprint density at radius 1 is 1.15 bits per heavy atom. The molecule has 3 unspecified atom stereocenters. The maximum atomic E-state index is 12.6. The van der Waals surface area contributed by atoms with E-state index in [2.05, 4.69) is 20.3 Å². The van der Waals surface area contributed by atoms with Crippen LogP contribution in [-0.2, 0) is 25.5 Å². The topological polar surface area (TPSA) is 198 Å². The molecule has 5 heterocycles. The maximum Gasteiger partial charge on any atom is 0.409 e. The first-order chi connectivity index (χ1) is 19.7. The molecule has 6 rings (SSSR count). The van der Waals surface area contributed by atoms with Crippen LogP contribution in [0.15, 0.2) is 6.33 Å². The predicted molar refractivity (Wildman–Crippen MR) is 142 cm³/mol. The molecule has 3 aliphatic heterocycles. The van der Waals surface area contributed by atoms with Crippen LogP contribution in [0.4, 0.5) is 10.6 Å². The molecule has 5 N–H and O–H groups in total. The number of ether oxygens (including phenoxy) is 2. The number of piperidine rings is 1. The van der Waals surface area contributed by atoms with Crippen molar-refractivity contribution in [2.75, 3.05) is 32.5 Å². The number of carbonyl (C=O) groups excluding carboxylic acids is 3. The molecule has 2 aromatic heterocycles. The van der Waals surface area contributed by atoms with Gasteiger partial charge in [-0.05, 0) is 38.0 Å². The quantitative estimate of drug-likeness (QED) is 0.328. The highest BCUT2D eigenvalue weighted by Crippen LogP contribution is 2.33. The van der Waals surface area contributed by atoms with Crippen LogP contribution < -0.4 is 11.1 Å². The molecular weight excluding hydrogens is 536 g/mol. The van der Waals surface area contributed by atoms with E-state index in [-0.39, 0.29) is 42.4 Å². The number of aliphatic hydroxyl groups excluding tert-OH is 2. The summed E-state index contributed by atoms with van der Waals surface area (Å²) in [5, 5.41) is 24.0. The molecule has 0 spiro atoms. The second-order valence-corrected chi connectivity index (χ2v) is 11.5. The molecule has 0 aromatic carbocycles. The molecule has 1 saturated carbocycles. The lowest BCUT2D eigenvalue weighted by atomic mass is 9.93. The first kappa shape index (κ1) is 27.6. The largest absolute Gasteiger partial charge is 0.447 e. The molecule has 41 heavy (non-hydrogen) atoms. The number of hydrogen-bond donors (Lipinski definition) is 4. The van der Waals surface area contributed by atoms with Crippen LogP contribution in [0.25, 0.3) is 11.2 Å². The summed E-state index contributed by atoms with van der Waals surface area (Å²) in [4.78, 5) is 53.5. The molecule has 3 saturated heterocycles. The molecule has 222 valence electrons. The third-order valence-corrected chi connectivity index (χ3v) is 8.57. The minimum absolute atomic E-state index is 0.0697. The van der Waals surface area contributed by atoms with Crippen LogP contribution in [0.2, 0.25) is 0 Å². The van der Waals surface area contributed by atoms with Gasteiger partial charge in [-0.3, -0.25) is 14.2 Å². The lowest BCUT2D eigenvalue weighted by Gasteiger charge is -2.31. The third kappa shape index (κ3) is 5.53. The maximum absolute atomic E-state index is 12.6. The van der Waals surface area contributed by atoms with Crippen molar-refractivity contribution < 1.29 is 34.1 Å². The molecule has 15 heteroatoms. The SMILES string of the molecule is CN1C(=O)CCC1COC(=O)N1CCC(Cc2nc(N)c3ncn([C@@H]4O[C@H](C(=O)NC5CC5)C(O)C4O)c3n2)CC1. The fourth-order valence-corrected chi connectivity index (χ4v) is 5.78. The van der Waals surface area contributed by atoms with Crippen LogP contribution in [0.1, 0.15) is 50.6 Å². The van der Waals surface area contributed by atoms with Crippen LogP contribution in [0.5, 0.6) is 0 Å². The highest BCUT2D eigenvalue weighted by molar-refractivity contribution is 5.83. The number of nitrogens with two attached hydrogens (primary N) is 1. The van der Waals surface area contributed by atoms with Gasteiger partial charge in [0.15, 0.2) is 23.8 Å². The van der Waals surface area contributed by atoms with E-state index >= 15 is 0 Å². The van der Waals surface area contributed by atoms with Crippen LogP contribution in [0, 0.1) is 5.92 Å². The first-order valence-corrected chi connectivity index (χ1v) is 14.2. The van der Waals surface area contributed by atoms with Gasteiger partial charge in [0.05, 0.1) is 12.4 Å². The zero-order valence-corrected chi connectivity index (χ0v) is 22.9. The number of hydrogen-bond acceptors (Lipinski definition) is 11. The monoisotopic (exact) mass is 572 g/mol. The summed E-state index contributed by atoms with van der Waals surface area (Å²) in [6.45, 7) is 1.26. The van der Waals surface area contributed by atoms with Gasteiger partial charge in [-0.1, -0.05) is 0 Å². The number of amides is 3. The second kappa shape index (κ2) is 11.0. The third-order valence-electron chi connectivity index (χ3n) is 8.57. The molecule has 3 amide bonds. The Hall–Kier alpha value is -3.56. The molecule has 0 radical (unpaired) electrons. The summed E-state index contributed by atoms with van der Waals surface area (Å²) in [5.74, 6) is 0.480. The van der Waals surface area contributed by atoms with E-state index in [9.17, 15) is 24.6 Å². The number of nitrogen functional groups attached to an aromatic ring is 1. The van der Waals surface area contributed by atoms with E-state index in [1.807, 2.05) is 0 Å². The number of likely N-dealkylation sites (N-methyl/N-ethyl adjacent to an activating group) is 1. The van der Waals surface area contributed by atoms with Gasteiger partial charge in [0.2, 0.25) is 5.91 Å². The summed E-state index contributed by atoms with van der Waals surface area (Å²) in [6.07, 6.45) is 0.879. The number of nitrogens with one attached hydrogen (secondary N) is 1. The fraction of sp³-hybridized carbons (Fsp3) is 0.692. The Morgan fingerprint density at radius 2 is 1.90 bits per heavy atom. The number of anilines is 1. The van der Waals surface area contributed by atoms with Crippen molar-refractivity contribution in [2.45, 2.75) is 81.6 Å². The van der Waals surface area contributed by atoms with Crippen molar-refractivity contribution >= 4 is 34.9 Å².